The molecule has 0 N–H and O–H groups in total. The lowest BCUT2D eigenvalue weighted by Gasteiger charge is -2.17. The zero-order valence-electron chi connectivity index (χ0n) is 11.9. The lowest BCUT2D eigenvalue weighted by atomic mass is 10.3. The number of hydrogen-bond donors (Lipinski definition) is 0. The summed E-state index contributed by atoms with van der Waals surface area (Å²) in [6.07, 6.45) is 1.56. The maximum Gasteiger partial charge on any atom is 0.243 e. The van der Waals surface area contributed by atoms with Crippen LogP contribution in [-0.2, 0) is 10.0 Å². The fourth-order valence-electron chi connectivity index (χ4n) is 2.36. The van der Waals surface area contributed by atoms with Crippen LogP contribution in [0.4, 0.5) is 8.78 Å². The summed E-state index contributed by atoms with van der Waals surface area (Å²) in [5.41, 5.74) is 0. The van der Waals surface area contributed by atoms with Gasteiger partial charge in [0.05, 0.1) is 11.4 Å². The van der Waals surface area contributed by atoms with Gasteiger partial charge in [-0.15, -0.1) is 5.10 Å². The molecule has 6 nitrogen and oxygen atoms in total. The van der Waals surface area contributed by atoms with E-state index in [0.717, 1.165) is 16.4 Å². The Hall–Kier alpha value is -2.13. The van der Waals surface area contributed by atoms with Crippen molar-refractivity contribution in [3.05, 3.63) is 48.2 Å². The van der Waals surface area contributed by atoms with Gasteiger partial charge in [-0.05, 0) is 24.6 Å². The van der Waals surface area contributed by atoms with Crippen molar-refractivity contribution in [1.29, 1.82) is 0 Å². The minimum absolute atomic E-state index is 0.0804. The van der Waals surface area contributed by atoms with E-state index < -0.39 is 26.6 Å². The van der Waals surface area contributed by atoms with Crippen LogP contribution in [0.15, 0.2) is 41.4 Å². The third-order valence-corrected chi connectivity index (χ3v) is 5.26. The second-order valence-electron chi connectivity index (χ2n) is 5.06. The quantitative estimate of drug-likeness (QED) is 0.845. The third kappa shape index (κ3) is 3.45. The highest BCUT2D eigenvalue weighted by Gasteiger charge is 2.34. The van der Waals surface area contributed by atoms with Crippen LogP contribution in [-0.4, -0.2) is 42.1 Å². The summed E-state index contributed by atoms with van der Waals surface area (Å²) in [5.74, 6) is -1.57. The maximum atomic E-state index is 13.2. The Morgan fingerprint density at radius 3 is 2.61 bits per heavy atom. The Labute approximate surface area is 131 Å². The monoisotopic (exact) mass is 341 g/mol. The highest BCUT2D eigenvalue weighted by atomic mass is 32.2. The van der Waals surface area contributed by atoms with Gasteiger partial charge in [0.25, 0.3) is 0 Å². The van der Waals surface area contributed by atoms with Gasteiger partial charge in [-0.1, -0.05) is 0 Å². The first-order valence-electron chi connectivity index (χ1n) is 6.86. The lowest BCUT2D eigenvalue weighted by molar-refractivity contribution is 0.204. The fraction of sp³-hybridized carbons (Fsp3) is 0.286. The van der Waals surface area contributed by atoms with Crippen LogP contribution in [0.2, 0.25) is 0 Å². The molecule has 0 amide bonds. The number of aromatic nitrogens is 2. The Morgan fingerprint density at radius 2 is 1.96 bits per heavy atom. The van der Waals surface area contributed by atoms with Gasteiger partial charge in [-0.25, -0.2) is 17.2 Å². The summed E-state index contributed by atoms with van der Waals surface area (Å²) < 4.78 is 58.1. The summed E-state index contributed by atoms with van der Waals surface area (Å²) in [6.45, 7) is 0.280. The summed E-state index contributed by atoms with van der Waals surface area (Å²) in [6, 6.07) is 5.50. The van der Waals surface area contributed by atoms with Crippen molar-refractivity contribution in [1.82, 2.24) is 14.5 Å². The van der Waals surface area contributed by atoms with Crippen molar-refractivity contribution in [2.45, 2.75) is 17.4 Å². The van der Waals surface area contributed by atoms with E-state index >= 15 is 0 Å². The molecule has 0 aliphatic carbocycles. The van der Waals surface area contributed by atoms with E-state index in [-0.39, 0.29) is 19.2 Å². The molecule has 9 heteroatoms. The number of rotatable bonds is 4. The van der Waals surface area contributed by atoms with Crippen molar-refractivity contribution in [2.24, 2.45) is 0 Å². The topological polar surface area (TPSA) is 72.4 Å². The Morgan fingerprint density at radius 1 is 1.22 bits per heavy atom. The van der Waals surface area contributed by atoms with E-state index in [1.807, 2.05) is 0 Å². The van der Waals surface area contributed by atoms with Gasteiger partial charge < -0.3 is 4.74 Å². The average molecular weight is 341 g/mol. The molecule has 1 aromatic carbocycles. The molecule has 1 atom stereocenters. The van der Waals surface area contributed by atoms with Gasteiger partial charge in [0.15, 0.2) is 0 Å². The first-order valence-corrected chi connectivity index (χ1v) is 8.30. The number of hydrogen-bond acceptors (Lipinski definition) is 5. The summed E-state index contributed by atoms with van der Waals surface area (Å²) in [5, 5.41) is 7.44. The van der Waals surface area contributed by atoms with Crippen LogP contribution in [0.1, 0.15) is 6.42 Å². The van der Waals surface area contributed by atoms with Gasteiger partial charge in [0, 0.05) is 24.9 Å². The van der Waals surface area contributed by atoms with Crippen molar-refractivity contribution in [3.63, 3.8) is 0 Å². The van der Waals surface area contributed by atoms with Crippen LogP contribution >= 0.6 is 0 Å². The number of sulfonamides is 1. The molecule has 0 spiro atoms. The predicted molar refractivity (Wildman–Crippen MR) is 76.2 cm³/mol. The molecule has 0 saturated carbocycles. The Kier molecular flexibility index (Phi) is 4.22. The van der Waals surface area contributed by atoms with E-state index in [0.29, 0.717) is 18.4 Å². The molecule has 3 rings (SSSR count). The van der Waals surface area contributed by atoms with E-state index in [1.54, 1.807) is 12.1 Å². The second kappa shape index (κ2) is 6.17. The Bertz CT molecular complexity index is 782. The molecule has 0 bridgehead atoms. The van der Waals surface area contributed by atoms with E-state index in [4.69, 9.17) is 4.74 Å². The van der Waals surface area contributed by atoms with Gasteiger partial charge in [-0.2, -0.15) is 9.40 Å². The molecule has 1 fully saturated rings. The summed E-state index contributed by atoms with van der Waals surface area (Å²) in [4.78, 5) is -0.407. The lowest BCUT2D eigenvalue weighted by Crippen LogP contribution is -2.31. The molecular formula is C14H13F2N3O3S. The highest BCUT2D eigenvalue weighted by Crippen LogP contribution is 2.24. The molecule has 1 aliphatic rings. The summed E-state index contributed by atoms with van der Waals surface area (Å²) in [7, 11) is -3.97. The van der Waals surface area contributed by atoms with E-state index in [9.17, 15) is 17.2 Å². The molecule has 2 heterocycles. The largest absolute Gasteiger partial charge is 0.472 e. The molecule has 1 saturated heterocycles. The van der Waals surface area contributed by atoms with Crippen molar-refractivity contribution >= 4 is 10.0 Å². The predicted octanol–water partition coefficient (Wildman–Crippen LogP) is 1.60. The maximum absolute atomic E-state index is 13.2. The van der Waals surface area contributed by atoms with Gasteiger partial charge in [0.1, 0.15) is 17.7 Å². The van der Waals surface area contributed by atoms with Crippen LogP contribution in [0.3, 0.4) is 0 Å². The number of benzene rings is 1. The first-order chi connectivity index (χ1) is 10.9. The van der Waals surface area contributed by atoms with Crippen molar-refractivity contribution < 1.29 is 21.9 Å². The molecule has 1 aromatic heterocycles. The average Bonchev–Trinajstić information content (AvgIpc) is 2.96. The first kappa shape index (κ1) is 15.8. The molecule has 1 unspecified atom stereocenters. The normalized spacial score (nSPS) is 19.0. The standard InChI is InChI=1S/C14H13F2N3O3S/c15-10-6-11(16)8-13(7-10)23(20,21)19-5-3-12(9-19)22-14-2-1-4-17-18-14/h1-2,4,6-8,12H,3,5,9H2. The molecule has 122 valence electrons. The second-order valence-corrected chi connectivity index (χ2v) is 7.00. The third-order valence-electron chi connectivity index (χ3n) is 3.42. The molecule has 23 heavy (non-hydrogen) atoms. The number of halogens is 2. The molecular weight excluding hydrogens is 328 g/mol. The van der Waals surface area contributed by atoms with E-state index in [2.05, 4.69) is 10.2 Å². The van der Waals surface area contributed by atoms with Crippen molar-refractivity contribution in [2.75, 3.05) is 13.1 Å². The molecule has 2 aromatic rings. The van der Waals surface area contributed by atoms with Crippen LogP contribution < -0.4 is 4.74 Å². The van der Waals surface area contributed by atoms with Crippen LogP contribution in [0, 0.1) is 11.6 Å². The Balaban J connectivity index is 1.75. The van der Waals surface area contributed by atoms with Gasteiger partial charge in [-0.3, -0.25) is 0 Å². The summed E-state index contributed by atoms with van der Waals surface area (Å²) >= 11 is 0. The van der Waals surface area contributed by atoms with E-state index in [1.165, 1.54) is 6.20 Å². The zero-order valence-corrected chi connectivity index (χ0v) is 12.7. The fourth-order valence-corrected chi connectivity index (χ4v) is 3.89. The minimum Gasteiger partial charge on any atom is -0.472 e. The van der Waals surface area contributed by atoms with Crippen LogP contribution in [0.25, 0.3) is 0 Å². The SMILES string of the molecule is O=S(=O)(c1cc(F)cc(F)c1)N1CCC(Oc2cccnn2)C1. The number of nitrogens with zero attached hydrogens (tertiary/aromatic N) is 3. The smallest absolute Gasteiger partial charge is 0.243 e. The van der Waals surface area contributed by atoms with Crippen molar-refractivity contribution in [3.8, 4) is 5.88 Å². The highest BCUT2D eigenvalue weighted by molar-refractivity contribution is 7.89. The molecule has 0 radical (unpaired) electrons. The molecule has 1 aliphatic heterocycles. The van der Waals surface area contributed by atoms with Crippen LogP contribution in [0.5, 0.6) is 5.88 Å². The number of ether oxygens (including phenoxy) is 1. The minimum atomic E-state index is -3.97. The van der Waals surface area contributed by atoms with Gasteiger partial charge in [0.2, 0.25) is 15.9 Å². The zero-order chi connectivity index (χ0) is 16.4. The van der Waals surface area contributed by atoms with Gasteiger partial charge >= 0.3 is 0 Å².